The molecule has 10 heteroatoms. The van der Waals surface area contributed by atoms with Crippen LogP contribution in [0.3, 0.4) is 0 Å². The topological polar surface area (TPSA) is 87.5 Å². The maximum absolute atomic E-state index is 12.3. The highest BCUT2D eigenvalue weighted by Crippen LogP contribution is 2.19. The number of rotatable bonds is 3. The molecule has 1 unspecified atom stereocenters. The Morgan fingerprint density at radius 1 is 1.40 bits per heavy atom. The number of alkyl halides is 3. The summed E-state index contributed by atoms with van der Waals surface area (Å²) >= 11 is 0. The van der Waals surface area contributed by atoms with E-state index in [0.29, 0.717) is 0 Å². The van der Waals surface area contributed by atoms with Crippen molar-refractivity contribution in [1.29, 1.82) is 0 Å². The van der Waals surface area contributed by atoms with Crippen molar-refractivity contribution in [2.24, 2.45) is 0 Å². The normalized spacial score (nSPS) is 18.2. The van der Waals surface area contributed by atoms with E-state index in [1.165, 1.54) is 6.42 Å². The first-order chi connectivity index (χ1) is 11.6. The largest absolute Gasteiger partial charge is 0.490 e. The van der Waals surface area contributed by atoms with Crippen LogP contribution in [0.15, 0.2) is 6.20 Å². The van der Waals surface area contributed by atoms with Gasteiger partial charge in [0.25, 0.3) is 0 Å². The van der Waals surface area contributed by atoms with E-state index in [9.17, 15) is 18.0 Å². The Morgan fingerprint density at radius 2 is 2.00 bits per heavy atom. The number of hydrogen-bond acceptors (Lipinski definition) is 4. The van der Waals surface area contributed by atoms with E-state index < -0.39 is 12.1 Å². The minimum Gasteiger partial charge on any atom is -0.475 e. The molecule has 1 aliphatic rings. The Morgan fingerprint density at radius 3 is 2.48 bits per heavy atom. The highest BCUT2D eigenvalue weighted by atomic mass is 19.4. The van der Waals surface area contributed by atoms with Gasteiger partial charge < -0.3 is 10.4 Å². The van der Waals surface area contributed by atoms with E-state index in [1.807, 2.05) is 25.6 Å². The summed E-state index contributed by atoms with van der Waals surface area (Å²) in [6.07, 6.45) is -0.0218. The lowest BCUT2D eigenvalue weighted by Gasteiger charge is -2.31. The number of carbonyl (C=O) groups excluding carboxylic acids is 1. The van der Waals surface area contributed by atoms with Gasteiger partial charge in [-0.05, 0) is 40.3 Å². The Hall–Kier alpha value is -2.10. The van der Waals surface area contributed by atoms with Crippen molar-refractivity contribution in [2.45, 2.75) is 51.9 Å². The van der Waals surface area contributed by atoms with Gasteiger partial charge >= 0.3 is 12.1 Å². The predicted molar refractivity (Wildman–Crippen MR) is 85.2 cm³/mol. The average molecular weight is 364 g/mol. The zero-order valence-electron chi connectivity index (χ0n) is 14.4. The summed E-state index contributed by atoms with van der Waals surface area (Å²) in [6, 6.07) is -0.00152. The molecule has 2 heterocycles. The van der Waals surface area contributed by atoms with Gasteiger partial charge in [-0.3, -0.25) is 9.69 Å². The number of anilines is 1. The van der Waals surface area contributed by atoms with Crippen molar-refractivity contribution in [1.82, 2.24) is 14.7 Å². The van der Waals surface area contributed by atoms with Gasteiger partial charge in [0.1, 0.15) is 5.82 Å². The molecule has 0 aromatic carbocycles. The zero-order valence-corrected chi connectivity index (χ0v) is 14.4. The number of carboxylic acid groups (broad SMARTS) is 1. The first kappa shape index (κ1) is 20.9. The lowest BCUT2D eigenvalue weighted by Crippen LogP contribution is -2.45. The van der Waals surface area contributed by atoms with Crippen LogP contribution in [-0.4, -0.2) is 57.5 Å². The number of carboxylic acids is 1. The van der Waals surface area contributed by atoms with Gasteiger partial charge in [0.15, 0.2) is 0 Å². The van der Waals surface area contributed by atoms with Crippen LogP contribution in [0, 0.1) is 6.92 Å². The third-order valence-electron chi connectivity index (χ3n) is 3.88. The molecule has 1 saturated heterocycles. The molecular weight excluding hydrogens is 341 g/mol. The second-order valence-corrected chi connectivity index (χ2v) is 5.78. The van der Waals surface area contributed by atoms with Crippen LogP contribution in [0.1, 0.15) is 31.7 Å². The number of halogens is 3. The molecule has 1 aliphatic heterocycles. The summed E-state index contributed by atoms with van der Waals surface area (Å²) in [5, 5.41) is 14.4. The number of aryl methyl sites for hydroxylation is 2. The number of likely N-dealkylation sites (tertiary alicyclic amines) is 1. The van der Waals surface area contributed by atoms with Gasteiger partial charge in [-0.25, -0.2) is 9.48 Å². The van der Waals surface area contributed by atoms with Gasteiger partial charge in [-0.2, -0.15) is 18.3 Å². The Bertz CT molecular complexity index is 601. The van der Waals surface area contributed by atoms with Crippen molar-refractivity contribution >= 4 is 17.7 Å². The van der Waals surface area contributed by atoms with Crippen molar-refractivity contribution in [3.63, 3.8) is 0 Å². The van der Waals surface area contributed by atoms with Crippen LogP contribution in [0.4, 0.5) is 19.0 Å². The highest BCUT2D eigenvalue weighted by Gasteiger charge is 2.38. The monoisotopic (exact) mass is 364 g/mol. The number of piperidine rings is 1. The summed E-state index contributed by atoms with van der Waals surface area (Å²) < 4.78 is 33.6. The van der Waals surface area contributed by atoms with Crippen molar-refractivity contribution in [2.75, 3.05) is 18.9 Å². The molecule has 7 nitrogen and oxygen atoms in total. The third-order valence-corrected chi connectivity index (χ3v) is 3.88. The first-order valence-corrected chi connectivity index (χ1v) is 7.91. The predicted octanol–water partition coefficient (Wildman–Crippen LogP) is 2.27. The number of aromatic nitrogens is 2. The van der Waals surface area contributed by atoms with Crippen molar-refractivity contribution in [3.05, 3.63) is 11.8 Å². The molecule has 1 aromatic rings. The van der Waals surface area contributed by atoms with Crippen LogP contribution in [0.2, 0.25) is 0 Å². The molecule has 1 aromatic heterocycles. The first-order valence-electron chi connectivity index (χ1n) is 7.91. The van der Waals surface area contributed by atoms with Crippen LogP contribution < -0.4 is 5.32 Å². The number of amides is 1. The fraction of sp³-hybridized carbons (Fsp3) is 0.667. The molecule has 1 atom stereocenters. The molecule has 0 saturated carbocycles. The van der Waals surface area contributed by atoms with E-state index in [-0.39, 0.29) is 11.9 Å². The maximum Gasteiger partial charge on any atom is 0.490 e. The fourth-order valence-electron chi connectivity index (χ4n) is 2.49. The minimum atomic E-state index is -5.08. The summed E-state index contributed by atoms with van der Waals surface area (Å²) in [6.45, 7) is 5.77. The van der Waals surface area contributed by atoms with Crippen molar-refractivity contribution < 1.29 is 27.9 Å². The molecule has 0 aliphatic carbocycles. The molecular formula is C15H23F3N4O3. The van der Waals surface area contributed by atoms with E-state index >= 15 is 0 Å². The van der Waals surface area contributed by atoms with E-state index in [1.54, 1.807) is 6.20 Å². The number of hydrogen-bond donors (Lipinski definition) is 2. The number of carbonyl (C=O) groups is 2. The van der Waals surface area contributed by atoms with E-state index in [0.717, 1.165) is 37.3 Å². The minimum absolute atomic E-state index is 0.00152. The molecule has 142 valence electrons. The van der Waals surface area contributed by atoms with Gasteiger partial charge in [0.05, 0.1) is 12.2 Å². The molecule has 0 spiro atoms. The summed E-state index contributed by atoms with van der Waals surface area (Å²) in [7, 11) is 2.02. The number of likely N-dealkylation sites (N-methyl/N-ethyl adjacent to an activating group) is 1. The Balaban J connectivity index is 0.000000381. The van der Waals surface area contributed by atoms with Crippen LogP contribution in [0.5, 0.6) is 0 Å². The molecule has 1 amide bonds. The van der Waals surface area contributed by atoms with E-state index in [4.69, 9.17) is 9.90 Å². The van der Waals surface area contributed by atoms with Gasteiger partial charge in [-0.1, -0.05) is 6.42 Å². The molecule has 0 bridgehead atoms. The maximum atomic E-state index is 12.3. The van der Waals surface area contributed by atoms with E-state index in [2.05, 4.69) is 15.3 Å². The zero-order chi connectivity index (χ0) is 19.2. The number of aliphatic carboxylic acids is 1. The standard InChI is InChI=1S/C13H22N4O.C2HF3O2/c1-4-17-12(10(2)9-14-17)15-13(18)11-7-5-6-8-16(11)3;3-2(4,5)1(6)7/h9,11H,4-8H2,1-3H3,(H,15,18);(H,6,7). The average Bonchev–Trinajstić information content (AvgIpc) is 2.87. The van der Waals surface area contributed by atoms with Gasteiger partial charge in [-0.15, -0.1) is 0 Å². The summed E-state index contributed by atoms with van der Waals surface area (Å²) in [5.41, 5.74) is 1.02. The molecule has 0 radical (unpaired) electrons. The number of nitrogens with one attached hydrogen (secondary N) is 1. The fourth-order valence-corrected chi connectivity index (χ4v) is 2.49. The molecule has 1 fully saturated rings. The van der Waals surface area contributed by atoms with Gasteiger partial charge in [0, 0.05) is 12.1 Å². The van der Waals surface area contributed by atoms with Gasteiger partial charge in [0.2, 0.25) is 5.91 Å². The second-order valence-electron chi connectivity index (χ2n) is 5.78. The lowest BCUT2D eigenvalue weighted by molar-refractivity contribution is -0.192. The lowest BCUT2D eigenvalue weighted by atomic mass is 10.0. The van der Waals surface area contributed by atoms with Crippen molar-refractivity contribution in [3.8, 4) is 0 Å². The molecule has 2 N–H and O–H groups in total. The molecule has 25 heavy (non-hydrogen) atoms. The smallest absolute Gasteiger partial charge is 0.475 e. The Labute approximate surface area is 143 Å². The SMILES string of the molecule is CCn1ncc(C)c1NC(=O)C1CCCCN1C.O=C(O)C(F)(F)F. The van der Waals surface area contributed by atoms with Crippen LogP contribution >= 0.6 is 0 Å². The second kappa shape index (κ2) is 8.84. The Kier molecular flexibility index (Phi) is 7.40. The number of nitrogens with zero attached hydrogens (tertiary/aromatic N) is 3. The van der Waals surface area contributed by atoms with Crippen LogP contribution in [-0.2, 0) is 16.1 Å². The van der Waals surface area contributed by atoms with Crippen LogP contribution in [0.25, 0.3) is 0 Å². The highest BCUT2D eigenvalue weighted by molar-refractivity contribution is 5.94. The quantitative estimate of drug-likeness (QED) is 0.859. The third kappa shape index (κ3) is 6.04. The summed E-state index contributed by atoms with van der Waals surface area (Å²) in [5.74, 6) is -1.83. The summed E-state index contributed by atoms with van der Waals surface area (Å²) in [4.78, 5) is 23.3. The molecule has 2 rings (SSSR count).